The van der Waals surface area contributed by atoms with Gasteiger partial charge in [0.25, 0.3) is 0 Å². The minimum absolute atomic E-state index is 0. The molecule has 0 spiro atoms. The Balaban J connectivity index is 0.00000242. The van der Waals surface area contributed by atoms with E-state index in [4.69, 9.17) is 4.52 Å². The van der Waals surface area contributed by atoms with E-state index < -0.39 is 9.84 Å². The molecule has 1 fully saturated rings. The molecule has 1 aromatic heterocycles. The van der Waals surface area contributed by atoms with Gasteiger partial charge in [0.1, 0.15) is 0 Å². The van der Waals surface area contributed by atoms with Gasteiger partial charge in [-0.3, -0.25) is 4.99 Å². The Morgan fingerprint density at radius 2 is 2.27 bits per heavy atom. The topological polar surface area (TPSA) is 96.6 Å². The number of nitrogens with zero attached hydrogens (tertiary/aromatic N) is 2. The van der Waals surface area contributed by atoms with Crippen molar-refractivity contribution in [3.8, 4) is 0 Å². The SMILES string of the molecule is CN=C(NCc1cc(C(C)C)no1)NC1CCS(=O)(=O)C1.I. The number of aliphatic imine (C=N–C) groups is 1. The third-order valence-electron chi connectivity index (χ3n) is 3.40. The maximum atomic E-state index is 11.4. The summed E-state index contributed by atoms with van der Waals surface area (Å²) in [6.07, 6.45) is 0.614. The molecule has 0 aromatic carbocycles. The van der Waals surface area contributed by atoms with Gasteiger partial charge in [0.15, 0.2) is 21.6 Å². The van der Waals surface area contributed by atoms with Crippen LogP contribution in [0.15, 0.2) is 15.6 Å². The van der Waals surface area contributed by atoms with Crippen molar-refractivity contribution in [3.63, 3.8) is 0 Å². The van der Waals surface area contributed by atoms with Crippen LogP contribution >= 0.6 is 24.0 Å². The summed E-state index contributed by atoms with van der Waals surface area (Å²) in [5.41, 5.74) is 0.914. The van der Waals surface area contributed by atoms with Gasteiger partial charge >= 0.3 is 0 Å². The van der Waals surface area contributed by atoms with Crippen molar-refractivity contribution in [2.75, 3.05) is 18.6 Å². The van der Waals surface area contributed by atoms with Gasteiger partial charge in [-0.25, -0.2) is 8.42 Å². The molecule has 0 bridgehead atoms. The molecule has 1 atom stereocenters. The molecule has 0 aliphatic carbocycles. The molecule has 22 heavy (non-hydrogen) atoms. The Morgan fingerprint density at radius 1 is 1.55 bits per heavy atom. The van der Waals surface area contributed by atoms with E-state index in [1.54, 1.807) is 7.05 Å². The Bertz CT molecular complexity index is 613. The second-order valence-corrected chi connectivity index (χ2v) is 7.77. The van der Waals surface area contributed by atoms with Crippen molar-refractivity contribution >= 4 is 39.8 Å². The van der Waals surface area contributed by atoms with Crippen LogP contribution in [0.1, 0.15) is 37.6 Å². The normalized spacial score (nSPS) is 20.7. The molecule has 1 aliphatic rings. The van der Waals surface area contributed by atoms with Crippen LogP contribution in [0.4, 0.5) is 0 Å². The van der Waals surface area contributed by atoms with Crippen LogP contribution in [-0.4, -0.2) is 44.1 Å². The van der Waals surface area contributed by atoms with Gasteiger partial charge in [0, 0.05) is 19.2 Å². The van der Waals surface area contributed by atoms with Gasteiger partial charge in [0.2, 0.25) is 0 Å². The number of guanidine groups is 1. The molecule has 1 aromatic rings. The smallest absolute Gasteiger partial charge is 0.191 e. The van der Waals surface area contributed by atoms with E-state index in [2.05, 4.69) is 34.6 Å². The van der Waals surface area contributed by atoms with E-state index in [1.807, 2.05) is 6.07 Å². The molecule has 126 valence electrons. The monoisotopic (exact) mass is 442 g/mol. The van der Waals surface area contributed by atoms with Crippen LogP contribution in [0, 0.1) is 0 Å². The minimum Gasteiger partial charge on any atom is -0.359 e. The largest absolute Gasteiger partial charge is 0.359 e. The Morgan fingerprint density at radius 3 is 2.77 bits per heavy atom. The van der Waals surface area contributed by atoms with Crippen molar-refractivity contribution in [2.24, 2.45) is 4.99 Å². The summed E-state index contributed by atoms with van der Waals surface area (Å²) in [7, 11) is -1.24. The highest BCUT2D eigenvalue weighted by Gasteiger charge is 2.28. The van der Waals surface area contributed by atoms with Crippen LogP contribution in [0.5, 0.6) is 0 Å². The quantitative estimate of drug-likeness (QED) is 0.414. The highest BCUT2D eigenvalue weighted by atomic mass is 127. The fraction of sp³-hybridized carbons (Fsp3) is 0.692. The number of hydrogen-bond donors (Lipinski definition) is 2. The number of aromatic nitrogens is 1. The summed E-state index contributed by atoms with van der Waals surface area (Å²) >= 11 is 0. The number of sulfone groups is 1. The second-order valence-electron chi connectivity index (χ2n) is 5.54. The lowest BCUT2D eigenvalue weighted by Gasteiger charge is -2.15. The maximum Gasteiger partial charge on any atom is 0.191 e. The molecule has 9 heteroatoms. The van der Waals surface area contributed by atoms with E-state index in [1.165, 1.54) is 0 Å². The Kier molecular flexibility index (Phi) is 7.10. The molecular weight excluding hydrogens is 419 g/mol. The van der Waals surface area contributed by atoms with Crippen molar-refractivity contribution in [3.05, 3.63) is 17.5 Å². The molecule has 1 aliphatic heterocycles. The zero-order valence-electron chi connectivity index (χ0n) is 13.0. The number of hydrogen-bond acceptors (Lipinski definition) is 5. The molecule has 0 radical (unpaired) electrons. The first-order valence-corrected chi connectivity index (χ1v) is 8.85. The lowest BCUT2D eigenvalue weighted by atomic mass is 10.1. The van der Waals surface area contributed by atoms with E-state index in [9.17, 15) is 8.42 Å². The van der Waals surface area contributed by atoms with E-state index in [0.29, 0.717) is 24.8 Å². The van der Waals surface area contributed by atoms with Gasteiger partial charge < -0.3 is 15.2 Å². The van der Waals surface area contributed by atoms with Crippen molar-refractivity contribution in [1.29, 1.82) is 0 Å². The predicted octanol–water partition coefficient (Wildman–Crippen LogP) is 1.27. The summed E-state index contributed by atoms with van der Waals surface area (Å²) in [5, 5.41) is 10.2. The van der Waals surface area contributed by atoms with Gasteiger partial charge in [-0.1, -0.05) is 19.0 Å². The third-order valence-corrected chi connectivity index (χ3v) is 5.16. The zero-order chi connectivity index (χ0) is 15.5. The van der Waals surface area contributed by atoms with Gasteiger partial charge in [-0.2, -0.15) is 0 Å². The van der Waals surface area contributed by atoms with Gasteiger partial charge in [-0.05, 0) is 12.3 Å². The second kappa shape index (κ2) is 8.14. The lowest BCUT2D eigenvalue weighted by Crippen LogP contribution is -2.43. The van der Waals surface area contributed by atoms with Gasteiger partial charge in [0.05, 0.1) is 23.7 Å². The summed E-state index contributed by atoms with van der Waals surface area (Å²) in [6.45, 7) is 4.56. The zero-order valence-corrected chi connectivity index (χ0v) is 16.1. The fourth-order valence-electron chi connectivity index (χ4n) is 2.15. The standard InChI is InChI=1S/C13H22N4O3S.HI/c1-9(2)12-6-11(20-17-12)7-15-13(14-3)16-10-4-5-21(18,19)8-10;/h6,9-10H,4-5,7-8H2,1-3H3,(H2,14,15,16);1H. The summed E-state index contributed by atoms with van der Waals surface area (Å²) in [4.78, 5) is 4.09. The highest BCUT2D eigenvalue weighted by Crippen LogP contribution is 2.14. The average molecular weight is 442 g/mol. The molecule has 1 unspecified atom stereocenters. The summed E-state index contributed by atoms with van der Waals surface area (Å²) in [6, 6.07) is 1.83. The molecular formula is C13H23IN4O3S. The van der Waals surface area contributed by atoms with Crippen molar-refractivity contribution in [1.82, 2.24) is 15.8 Å². The molecule has 2 heterocycles. The minimum atomic E-state index is -2.90. The van der Waals surface area contributed by atoms with Crippen LogP contribution in [-0.2, 0) is 16.4 Å². The molecule has 0 amide bonds. The van der Waals surface area contributed by atoms with E-state index in [-0.39, 0.29) is 41.5 Å². The van der Waals surface area contributed by atoms with Gasteiger partial charge in [-0.15, -0.1) is 24.0 Å². The molecule has 0 saturated carbocycles. The van der Waals surface area contributed by atoms with Crippen molar-refractivity contribution in [2.45, 2.75) is 38.8 Å². The van der Waals surface area contributed by atoms with Crippen LogP contribution in [0.3, 0.4) is 0 Å². The first-order valence-electron chi connectivity index (χ1n) is 7.02. The molecule has 7 nitrogen and oxygen atoms in total. The van der Waals surface area contributed by atoms with Crippen LogP contribution in [0.2, 0.25) is 0 Å². The number of nitrogens with one attached hydrogen (secondary N) is 2. The maximum absolute atomic E-state index is 11.4. The van der Waals surface area contributed by atoms with Crippen molar-refractivity contribution < 1.29 is 12.9 Å². The molecule has 2 N–H and O–H groups in total. The molecule has 2 rings (SSSR count). The molecule has 1 saturated heterocycles. The summed E-state index contributed by atoms with van der Waals surface area (Å²) < 4.78 is 28.1. The van der Waals surface area contributed by atoms with E-state index >= 15 is 0 Å². The van der Waals surface area contributed by atoms with Crippen LogP contribution < -0.4 is 10.6 Å². The fourth-order valence-corrected chi connectivity index (χ4v) is 3.83. The van der Waals surface area contributed by atoms with Crippen LogP contribution in [0.25, 0.3) is 0 Å². The third kappa shape index (κ3) is 5.41. The average Bonchev–Trinajstić information content (AvgIpc) is 3.01. The number of rotatable bonds is 4. The van der Waals surface area contributed by atoms with E-state index in [0.717, 1.165) is 11.5 Å². The first-order chi connectivity index (χ1) is 9.89. The number of halogens is 1. The highest BCUT2D eigenvalue weighted by molar-refractivity contribution is 14.0. The Labute approximate surface area is 148 Å². The predicted molar refractivity (Wildman–Crippen MR) is 96.4 cm³/mol. The first kappa shape index (κ1) is 19.2. The summed E-state index contributed by atoms with van der Waals surface area (Å²) in [5.74, 6) is 2.01. The lowest BCUT2D eigenvalue weighted by molar-refractivity contribution is 0.371. The Hall–Kier alpha value is -0.840.